The summed E-state index contributed by atoms with van der Waals surface area (Å²) in [5, 5.41) is 2.87. The zero-order chi connectivity index (χ0) is 18.9. The quantitative estimate of drug-likeness (QED) is 0.572. The number of amides is 1. The molecule has 5 heteroatoms. The lowest BCUT2D eigenvalue weighted by molar-refractivity contribution is -0.121. The third kappa shape index (κ3) is 5.71. The average Bonchev–Trinajstić information content (AvgIpc) is 3.20. The molecule has 0 spiro atoms. The van der Waals surface area contributed by atoms with Gasteiger partial charge in [-0.15, -0.1) is 0 Å². The third-order valence-corrected chi connectivity index (χ3v) is 4.33. The first kappa shape index (κ1) is 18.7. The summed E-state index contributed by atoms with van der Waals surface area (Å²) in [5.41, 5.74) is 2.23. The van der Waals surface area contributed by atoms with E-state index >= 15 is 0 Å². The number of carbonyl (C=O) groups is 1. The van der Waals surface area contributed by atoms with Crippen molar-refractivity contribution in [1.29, 1.82) is 0 Å². The van der Waals surface area contributed by atoms with Crippen LogP contribution in [-0.4, -0.2) is 18.0 Å². The van der Waals surface area contributed by atoms with Crippen molar-refractivity contribution < 1.29 is 13.9 Å². The van der Waals surface area contributed by atoms with Gasteiger partial charge in [-0.1, -0.05) is 42.5 Å². The Hall–Kier alpha value is -3.08. The number of nitrogens with one attached hydrogen (secondary N) is 1. The van der Waals surface area contributed by atoms with Gasteiger partial charge in [0.1, 0.15) is 5.75 Å². The van der Waals surface area contributed by atoms with Gasteiger partial charge in [0.15, 0.2) is 5.76 Å². The summed E-state index contributed by atoms with van der Waals surface area (Å²) in [5.74, 6) is 2.10. The summed E-state index contributed by atoms with van der Waals surface area (Å²) in [4.78, 5) is 16.2. The van der Waals surface area contributed by atoms with E-state index < -0.39 is 0 Å². The molecule has 0 aliphatic heterocycles. The highest BCUT2D eigenvalue weighted by Crippen LogP contribution is 2.19. The van der Waals surface area contributed by atoms with Crippen LogP contribution in [0.2, 0.25) is 0 Å². The van der Waals surface area contributed by atoms with Crippen molar-refractivity contribution in [2.75, 3.05) is 7.11 Å². The van der Waals surface area contributed by atoms with Crippen LogP contribution >= 0.6 is 0 Å². The SMILES string of the molecule is COc1ccc(CCCCC(=O)NCc2ncc(-c3ccccc3)o2)cc1. The predicted molar refractivity (Wildman–Crippen MR) is 104 cm³/mol. The van der Waals surface area contributed by atoms with Crippen molar-refractivity contribution in [2.45, 2.75) is 32.2 Å². The van der Waals surface area contributed by atoms with E-state index in [1.54, 1.807) is 13.3 Å². The van der Waals surface area contributed by atoms with E-state index in [4.69, 9.17) is 9.15 Å². The second kappa shape index (κ2) is 9.57. The summed E-state index contributed by atoms with van der Waals surface area (Å²) in [7, 11) is 1.66. The van der Waals surface area contributed by atoms with Crippen LogP contribution in [-0.2, 0) is 17.8 Å². The number of nitrogens with zero attached hydrogens (tertiary/aromatic N) is 1. The van der Waals surface area contributed by atoms with Crippen LogP contribution < -0.4 is 10.1 Å². The molecule has 0 aliphatic carbocycles. The molecule has 27 heavy (non-hydrogen) atoms. The number of methoxy groups -OCH3 is 1. The maximum atomic E-state index is 12.0. The molecule has 140 valence electrons. The van der Waals surface area contributed by atoms with Crippen LogP contribution in [0.25, 0.3) is 11.3 Å². The lowest BCUT2D eigenvalue weighted by atomic mass is 10.1. The smallest absolute Gasteiger partial charge is 0.220 e. The number of carbonyl (C=O) groups excluding carboxylic acids is 1. The highest BCUT2D eigenvalue weighted by molar-refractivity contribution is 5.75. The fraction of sp³-hybridized carbons (Fsp3) is 0.273. The van der Waals surface area contributed by atoms with E-state index in [9.17, 15) is 4.79 Å². The average molecular weight is 364 g/mol. The number of unbranched alkanes of at least 4 members (excludes halogenated alkanes) is 1. The molecule has 0 aliphatic rings. The normalized spacial score (nSPS) is 10.6. The zero-order valence-corrected chi connectivity index (χ0v) is 15.5. The molecule has 0 radical (unpaired) electrons. The van der Waals surface area contributed by atoms with E-state index in [0.717, 1.165) is 30.6 Å². The summed E-state index contributed by atoms with van der Waals surface area (Å²) in [6.07, 6.45) is 4.96. The Morgan fingerprint density at radius 3 is 2.59 bits per heavy atom. The maximum absolute atomic E-state index is 12.0. The number of hydrogen-bond donors (Lipinski definition) is 1. The molecular formula is C22H24N2O3. The van der Waals surface area contributed by atoms with Gasteiger partial charge in [-0.05, 0) is 37.0 Å². The van der Waals surface area contributed by atoms with Gasteiger partial charge in [0.05, 0.1) is 19.9 Å². The van der Waals surface area contributed by atoms with Gasteiger partial charge in [-0.2, -0.15) is 0 Å². The number of ether oxygens (including phenoxy) is 1. The van der Waals surface area contributed by atoms with E-state index in [-0.39, 0.29) is 5.91 Å². The van der Waals surface area contributed by atoms with Gasteiger partial charge in [-0.25, -0.2) is 4.98 Å². The molecule has 1 N–H and O–H groups in total. The molecule has 1 heterocycles. The maximum Gasteiger partial charge on any atom is 0.220 e. The first-order valence-electron chi connectivity index (χ1n) is 9.14. The molecule has 0 saturated carbocycles. The highest BCUT2D eigenvalue weighted by atomic mass is 16.5. The van der Waals surface area contributed by atoms with Gasteiger partial charge in [0, 0.05) is 12.0 Å². The molecule has 0 atom stereocenters. The van der Waals surface area contributed by atoms with Crippen molar-refractivity contribution >= 4 is 5.91 Å². The number of oxazole rings is 1. The van der Waals surface area contributed by atoms with Gasteiger partial charge in [-0.3, -0.25) is 4.79 Å². The molecule has 0 fully saturated rings. The first-order chi connectivity index (χ1) is 13.2. The van der Waals surface area contributed by atoms with E-state index in [2.05, 4.69) is 22.4 Å². The minimum absolute atomic E-state index is 0.0178. The summed E-state index contributed by atoms with van der Waals surface area (Å²) >= 11 is 0. The fourth-order valence-corrected chi connectivity index (χ4v) is 2.80. The molecule has 0 unspecified atom stereocenters. The fourth-order valence-electron chi connectivity index (χ4n) is 2.80. The van der Waals surface area contributed by atoms with Gasteiger partial charge in [0.2, 0.25) is 11.8 Å². The number of rotatable bonds is 9. The van der Waals surface area contributed by atoms with Crippen molar-refractivity contribution in [3.8, 4) is 17.1 Å². The lowest BCUT2D eigenvalue weighted by Gasteiger charge is -2.05. The Bertz CT molecular complexity index is 842. The van der Waals surface area contributed by atoms with Gasteiger partial charge >= 0.3 is 0 Å². The van der Waals surface area contributed by atoms with Crippen molar-refractivity contribution in [2.24, 2.45) is 0 Å². The minimum atomic E-state index is 0.0178. The number of aromatic nitrogens is 1. The van der Waals surface area contributed by atoms with Crippen LogP contribution in [0.4, 0.5) is 0 Å². The Morgan fingerprint density at radius 1 is 1.07 bits per heavy atom. The Balaban J connectivity index is 1.35. The zero-order valence-electron chi connectivity index (χ0n) is 15.5. The summed E-state index contributed by atoms with van der Waals surface area (Å²) < 4.78 is 10.8. The third-order valence-electron chi connectivity index (χ3n) is 4.33. The molecule has 0 bridgehead atoms. The van der Waals surface area contributed by atoms with E-state index in [0.29, 0.717) is 24.6 Å². The second-order valence-electron chi connectivity index (χ2n) is 6.32. The molecule has 1 aromatic heterocycles. The van der Waals surface area contributed by atoms with E-state index in [1.807, 2.05) is 42.5 Å². The molecule has 2 aromatic carbocycles. The van der Waals surface area contributed by atoms with Crippen LogP contribution in [0.15, 0.2) is 65.2 Å². The van der Waals surface area contributed by atoms with Gasteiger partial charge in [0.25, 0.3) is 0 Å². The predicted octanol–water partition coefficient (Wildman–Crippen LogP) is 4.38. The Morgan fingerprint density at radius 2 is 1.85 bits per heavy atom. The number of hydrogen-bond acceptors (Lipinski definition) is 4. The largest absolute Gasteiger partial charge is 0.497 e. The Labute approximate surface area is 159 Å². The van der Waals surface area contributed by atoms with E-state index in [1.165, 1.54) is 5.56 Å². The second-order valence-corrected chi connectivity index (χ2v) is 6.32. The topological polar surface area (TPSA) is 64.4 Å². The summed E-state index contributed by atoms with van der Waals surface area (Å²) in [6, 6.07) is 17.8. The number of benzene rings is 2. The summed E-state index contributed by atoms with van der Waals surface area (Å²) in [6.45, 7) is 0.310. The Kier molecular flexibility index (Phi) is 6.63. The lowest BCUT2D eigenvalue weighted by Crippen LogP contribution is -2.22. The molecule has 1 amide bonds. The highest BCUT2D eigenvalue weighted by Gasteiger charge is 2.08. The molecular weight excluding hydrogens is 340 g/mol. The van der Waals surface area contributed by atoms with Gasteiger partial charge < -0.3 is 14.5 Å². The first-order valence-corrected chi connectivity index (χ1v) is 9.14. The molecule has 3 aromatic rings. The minimum Gasteiger partial charge on any atom is -0.497 e. The molecule has 3 rings (SSSR count). The van der Waals surface area contributed by atoms with Crippen LogP contribution in [0.3, 0.4) is 0 Å². The van der Waals surface area contributed by atoms with Crippen molar-refractivity contribution in [3.63, 3.8) is 0 Å². The van der Waals surface area contributed by atoms with Crippen LogP contribution in [0, 0.1) is 0 Å². The molecule has 0 saturated heterocycles. The standard InChI is InChI=1S/C22H24N2O3/c1-26-19-13-11-17(12-14-19)7-5-6-10-21(25)23-16-22-24-15-20(27-22)18-8-3-2-4-9-18/h2-4,8-9,11-15H,5-7,10,16H2,1H3,(H,23,25). The number of aryl methyl sites for hydroxylation is 1. The molecule has 5 nitrogen and oxygen atoms in total. The van der Waals surface area contributed by atoms with Crippen molar-refractivity contribution in [3.05, 3.63) is 72.2 Å². The van der Waals surface area contributed by atoms with Crippen LogP contribution in [0.5, 0.6) is 5.75 Å². The van der Waals surface area contributed by atoms with Crippen LogP contribution in [0.1, 0.15) is 30.7 Å². The van der Waals surface area contributed by atoms with Crippen molar-refractivity contribution in [1.82, 2.24) is 10.3 Å². The monoisotopic (exact) mass is 364 g/mol.